The Morgan fingerprint density at radius 2 is 1.86 bits per heavy atom. The molecule has 1 aromatic rings. The second-order valence-corrected chi connectivity index (χ2v) is 7.06. The Labute approximate surface area is 134 Å². The summed E-state index contributed by atoms with van der Waals surface area (Å²) in [6.07, 6.45) is 7.91. The summed E-state index contributed by atoms with van der Waals surface area (Å²) in [5.74, 6) is 2.06. The quantitative estimate of drug-likeness (QED) is 0.848. The van der Waals surface area contributed by atoms with Crippen LogP contribution in [0.1, 0.15) is 37.7 Å². The number of rotatable bonds is 5. The number of likely N-dealkylation sites (tertiary alicyclic amines) is 1. The van der Waals surface area contributed by atoms with Crippen LogP contribution in [0.4, 0.5) is 0 Å². The number of quaternary nitrogens is 1. The highest BCUT2D eigenvalue weighted by Crippen LogP contribution is 2.32. The highest BCUT2D eigenvalue weighted by atomic mass is 16.2. The summed E-state index contributed by atoms with van der Waals surface area (Å²) in [6.45, 7) is 3.82. The second-order valence-electron chi connectivity index (χ2n) is 7.06. The van der Waals surface area contributed by atoms with Crippen LogP contribution in [0.15, 0.2) is 30.3 Å². The zero-order valence-electron chi connectivity index (χ0n) is 13.5. The largest absolute Gasteiger partial charge is 0.351 e. The number of carbonyl (C=O) groups excluding carboxylic acids is 1. The van der Waals surface area contributed by atoms with Crippen LogP contribution in [0.5, 0.6) is 0 Å². The van der Waals surface area contributed by atoms with Crippen LogP contribution in [-0.4, -0.2) is 32.1 Å². The molecule has 1 saturated heterocycles. The van der Waals surface area contributed by atoms with E-state index in [1.54, 1.807) is 0 Å². The third-order valence-corrected chi connectivity index (χ3v) is 5.48. The maximum absolute atomic E-state index is 12.1. The molecule has 1 aliphatic carbocycles. The van der Waals surface area contributed by atoms with Crippen molar-refractivity contribution in [1.29, 1.82) is 0 Å². The van der Waals surface area contributed by atoms with Gasteiger partial charge in [0.25, 0.3) is 5.91 Å². The van der Waals surface area contributed by atoms with E-state index in [0.717, 1.165) is 24.8 Å². The molecule has 0 bridgehead atoms. The number of amides is 1. The lowest BCUT2D eigenvalue weighted by Gasteiger charge is -2.38. The average molecular weight is 301 g/mol. The molecule has 1 amide bonds. The Morgan fingerprint density at radius 3 is 2.68 bits per heavy atom. The molecule has 3 nitrogen and oxygen atoms in total. The SMILES string of the molecule is O=C(C[NH+]1CC[C@H]2CCCC[C@@H]2C1)NCCc1ccccc1. The van der Waals surface area contributed by atoms with Gasteiger partial charge in [0.1, 0.15) is 0 Å². The molecule has 2 aliphatic rings. The number of carbonyl (C=O) groups is 1. The van der Waals surface area contributed by atoms with Crippen molar-refractivity contribution in [3.05, 3.63) is 35.9 Å². The monoisotopic (exact) mass is 301 g/mol. The molecule has 0 radical (unpaired) electrons. The van der Waals surface area contributed by atoms with E-state index < -0.39 is 0 Å². The summed E-state index contributed by atoms with van der Waals surface area (Å²) in [5.41, 5.74) is 1.29. The van der Waals surface area contributed by atoms with Crippen LogP contribution in [-0.2, 0) is 11.2 Å². The zero-order valence-corrected chi connectivity index (χ0v) is 13.5. The van der Waals surface area contributed by atoms with Crippen LogP contribution in [0, 0.1) is 11.8 Å². The van der Waals surface area contributed by atoms with Gasteiger partial charge in [-0.25, -0.2) is 0 Å². The molecule has 3 rings (SSSR count). The van der Waals surface area contributed by atoms with Gasteiger partial charge >= 0.3 is 0 Å². The predicted octanol–water partition coefficient (Wildman–Crippen LogP) is 1.44. The molecular formula is C19H29N2O+. The summed E-state index contributed by atoms with van der Waals surface area (Å²) in [7, 11) is 0. The lowest BCUT2D eigenvalue weighted by molar-refractivity contribution is -0.902. The molecule has 1 saturated carbocycles. The van der Waals surface area contributed by atoms with E-state index >= 15 is 0 Å². The minimum atomic E-state index is 0.222. The summed E-state index contributed by atoms with van der Waals surface area (Å²) in [6, 6.07) is 10.4. The van der Waals surface area contributed by atoms with E-state index in [4.69, 9.17) is 0 Å². The van der Waals surface area contributed by atoms with E-state index in [0.29, 0.717) is 6.54 Å². The minimum Gasteiger partial charge on any atom is -0.351 e. The van der Waals surface area contributed by atoms with Gasteiger partial charge in [-0.05, 0) is 37.2 Å². The Balaban J connectivity index is 1.37. The summed E-state index contributed by atoms with van der Waals surface area (Å²) >= 11 is 0. The smallest absolute Gasteiger partial charge is 0.275 e. The standard InChI is InChI=1S/C19H28N2O/c22-19(20-12-10-16-6-2-1-3-7-16)15-21-13-11-17-8-4-5-9-18(17)14-21/h1-3,6-7,17-18H,4-5,8-15H2,(H,20,22)/p+1/t17-,18-/m1/s1. The average Bonchev–Trinajstić information content (AvgIpc) is 2.56. The van der Waals surface area contributed by atoms with Crippen molar-refractivity contribution in [3.8, 4) is 0 Å². The van der Waals surface area contributed by atoms with Crippen LogP contribution >= 0.6 is 0 Å². The lowest BCUT2D eigenvalue weighted by Crippen LogP contribution is -3.15. The highest BCUT2D eigenvalue weighted by Gasteiger charge is 2.34. The van der Waals surface area contributed by atoms with E-state index in [-0.39, 0.29) is 5.91 Å². The topological polar surface area (TPSA) is 33.5 Å². The second kappa shape index (κ2) is 7.77. The molecule has 0 aromatic heterocycles. The third kappa shape index (κ3) is 4.33. The molecular weight excluding hydrogens is 272 g/mol. The van der Waals surface area contributed by atoms with Crippen molar-refractivity contribution in [2.24, 2.45) is 11.8 Å². The van der Waals surface area contributed by atoms with Gasteiger partial charge in [-0.3, -0.25) is 4.79 Å². The number of hydrogen-bond acceptors (Lipinski definition) is 1. The van der Waals surface area contributed by atoms with Crippen LogP contribution < -0.4 is 10.2 Å². The number of fused-ring (bicyclic) bond motifs is 1. The molecule has 1 aliphatic heterocycles. The van der Waals surface area contributed by atoms with Gasteiger partial charge in [-0.2, -0.15) is 0 Å². The molecule has 120 valence electrons. The number of hydrogen-bond donors (Lipinski definition) is 2. The molecule has 1 heterocycles. The van der Waals surface area contributed by atoms with Crippen molar-refractivity contribution < 1.29 is 9.69 Å². The number of piperidine rings is 1. The van der Waals surface area contributed by atoms with Crippen molar-refractivity contribution in [3.63, 3.8) is 0 Å². The summed E-state index contributed by atoms with van der Waals surface area (Å²) < 4.78 is 0. The number of nitrogens with one attached hydrogen (secondary N) is 2. The van der Waals surface area contributed by atoms with Crippen molar-refractivity contribution in [2.75, 3.05) is 26.2 Å². The van der Waals surface area contributed by atoms with Gasteiger partial charge in [0.05, 0.1) is 13.1 Å². The molecule has 1 aromatic carbocycles. The van der Waals surface area contributed by atoms with Gasteiger partial charge in [0.2, 0.25) is 0 Å². The van der Waals surface area contributed by atoms with Gasteiger partial charge < -0.3 is 10.2 Å². The first kappa shape index (κ1) is 15.5. The molecule has 2 fully saturated rings. The zero-order chi connectivity index (χ0) is 15.2. The molecule has 2 N–H and O–H groups in total. The van der Waals surface area contributed by atoms with Crippen molar-refractivity contribution in [1.82, 2.24) is 5.32 Å². The van der Waals surface area contributed by atoms with E-state index in [1.165, 1.54) is 55.7 Å². The molecule has 3 heteroatoms. The normalized spacial score (nSPS) is 27.9. The Bertz CT molecular complexity index is 474. The van der Waals surface area contributed by atoms with Gasteiger partial charge in [-0.1, -0.05) is 43.2 Å². The van der Waals surface area contributed by atoms with E-state index in [2.05, 4.69) is 29.6 Å². The molecule has 1 unspecified atom stereocenters. The predicted molar refractivity (Wildman–Crippen MR) is 88.8 cm³/mol. The Kier molecular flexibility index (Phi) is 5.49. The van der Waals surface area contributed by atoms with Crippen LogP contribution in [0.2, 0.25) is 0 Å². The van der Waals surface area contributed by atoms with Gasteiger partial charge in [0.15, 0.2) is 6.54 Å². The van der Waals surface area contributed by atoms with Crippen LogP contribution in [0.3, 0.4) is 0 Å². The minimum absolute atomic E-state index is 0.222. The van der Waals surface area contributed by atoms with Gasteiger partial charge in [-0.15, -0.1) is 0 Å². The highest BCUT2D eigenvalue weighted by molar-refractivity contribution is 5.76. The Morgan fingerprint density at radius 1 is 1.09 bits per heavy atom. The fourth-order valence-corrected chi connectivity index (χ4v) is 4.24. The third-order valence-electron chi connectivity index (χ3n) is 5.48. The first-order valence-electron chi connectivity index (χ1n) is 8.95. The fourth-order valence-electron chi connectivity index (χ4n) is 4.24. The Hall–Kier alpha value is -1.35. The molecule has 0 spiro atoms. The van der Waals surface area contributed by atoms with Crippen molar-refractivity contribution >= 4 is 5.91 Å². The first-order valence-corrected chi connectivity index (χ1v) is 8.95. The summed E-state index contributed by atoms with van der Waals surface area (Å²) in [5, 5.41) is 3.09. The van der Waals surface area contributed by atoms with Crippen LogP contribution in [0.25, 0.3) is 0 Å². The molecule has 22 heavy (non-hydrogen) atoms. The summed E-state index contributed by atoms with van der Waals surface area (Å²) in [4.78, 5) is 13.6. The van der Waals surface area contributed by atoms with E-state index in [1.807, 2.05) is 6.07 Å². The first-order chi connectivity index (χ1) is 10.8. The van der Waals surface area contributed by atoms with Gasteiger partial charge in [0, 0.05) is 12.5 Å². The number of benzene rings is 1. The maximum Gasteiger partial charge on any atom is 0.275 e. The maximum atomic E-state index is 12.1. The van der Waals surface area contributed by atoms with Crippen molar-refractivity contribution in [2.45, 2.75) is 38.5 Å². The lowest BCUT2D eigenvalue weighted by atomic mass is 9.75. The fraction of sp³-hybridized carbons (Fsp3) is 0.632. The van der Waals surface area contributed by atoms with E-state index in [9.17, 15) is 4.79 Å². The molecule has 3 atom stereocenters.